The highest BCUT2D eigenvalue weighted by molar-refractivity contribution is 5.76. The first-order valence-electron chi connectivity index (χ1n) is 6.80. The zero-order valence-corrected chi connectivity index (χ0v) is 12.5. The molecule has 0 radical (unpaired) electrons. The SMILES string of the molecule is COc1ccc(F)cc1C(C)NC(=O)CCNC(C)C. The quantitative estimate of drug-likeness (QED) is 0.807. The van der Waals surface area contributed by atoms with Crippen molar-refractivity contribution in [2.75, 3.05) is 13.7 Å². The van der Waals surface area contributed by atoms with Crippen LogP contribution in [0.1, 0.15) is 38.8 Å². The second-order valence-corrected chi connectivity index (χ2v) is 5.03. The first-order chi connectivity index (χ1) is 9.43. The molecule has 1 aromatic rings. The number of methoxy groups -OCH3 is 1. The van der Waals surface area contributed by atoms with Gasteiger partial charge in [0, 0.05) is 24.6 Å². The third-order valence-corrected chi connectivity index (χ3v) is 2.94. The molecular weight excluding hydrogens is 259 g/mol. The molecular formula is C15H23FN2O2. The molecule has 2 N–H and O–H groups in total. The summed E-state index contributed by atoms with van der Waals surface area (Å²) in [7, 11) is 1.53. The van der Waals surface area contributed by atoms with E-state index in [9.17, 15) is 9.18 Å². The molecule has 1 unspecified atom stereocenters. The van der Waals surface area contributed by atoms with Crippen molar-refractivity contribution >= 4 is 5.91 Å². The van der Waals surface area contributed by atoms with Crippen LogP contribution >= 0.6 is 0 Å². The van der Waals surface area contributed by atoms with E-state index in [0.29, 0.717) is 30.3 Å². The summed E-state index contributed by atoms with van der Waals surface area (Å²) in [6.07, 6.45) is 0.389. The Hall–Kier alpha value is -1.62. The Morgan fingerprint density at radius 3 is 2.65 bits per heavy atom. The van der Waals surface area contributed by atoms with Crippen LogP contribution in [0.5, 0.6) is 5.75 Å². The molecule has 0 aliphatic rings. The van der Waals surface area contributed by atoms with Crippen molar-refractivity contribution in [1.82, 2.24) is 10.6 Å². The average molecular weight is 282 g/mol. The highest BCUT2D eigenvalue weighted by atomic mass is 19.1. The molecule has 0 saturated carbocycles. The molecule has 112 valence electrons. The highest BCUT2D eigenvalue weighted by Gasteiger charge is 2.14. The molecule has 5 heteroatoms. The van der Waals surface area contributed by atoms with Gasteiger partial charge in [-0.2, -0.15) is 0 Å². The van der Waals surface area contributed by atoms with Crippen molar-refractivity contribution in [1.29, 1.82) is 0 Å². The maximum absolute atomic E-state index is 13.3. The van der Waals surface area contributed by atoms with E-state index in [1.807, 2.05) is 20.8 Å². The van der Waals surface area contributed by atoms with Gasteiger partial charge in [0.15, 0.2) is 0 Å². The summed E-state index contributed by atoms with van der Waals surface area (Å²) in [4.78, 5) is 11.8. The Morgan fingerprint density at radius 2 is 2.05 bits per heavy atom. The van der Waals surface area contributed by atoms with Crippen LogP contribution in [0.4, 0.5) is 4.39 Å². The summed E-state index contributed by atoms with van der Waals surface area (Å²) in [5.74, 6) is 0.153. The smallest absolute Gasteiger partial charge is 0.221 e. The van der Waals surface area contributed by atoms with Gasteiger partial charge in [-0.05, 0) is 25.1 Å². The van der Waals surface area contributed by atoms with Crippen molar-refractivity contribution < 1.29 is 13.9 Å². The second-order valence-electron chi connectivity index (χ2n) is 5.03. The summed E-state index contributed by atoms with van der Waals surface area (Å²) < 4.78 is 18.5. The molecule has 0 aliphatic heterocycles. The topological polar surface area (TPSA) is 50.4 Å². The zero-order valence-electron chi connectivity index (χ0n) is 12.5. The van der Waals surface area contributed by atoms with Gasteiger partial charge in [0.1, 0.15) is 11.6 Å². The number of carbonyl (C=O) groups is 1. The molecule has 0 heterocycles. The molecule has 0 spiro atoms. The standard InChI is InChI=1S/C15H23FN2O2/c1-10(2)17-8-7-15(19)18-11(3)13-9-12(16)5-6-14(13)20-4/h5-6,9-11,17H,7-8H2,1-4H3,(H,18,19). The fraction of sp³-hybridized carbons (Fsp3) is 0.533. The minimum Gasteiger partial charge on any atom is -0.496 e. The monoisotopic (exact) mass is 282 g/mol. The van der Waals surface area contributed by atoms with E-state index in [1.54, 1.807) is 6.07 Å². The van der Waals surface area contributed by atoms with Crippen LogP contribution in [0, 0.1) is 5.82 Å². The number of amides is 1. The molecule has 0 saturated heterocycles. The normalized spacial score (nSPS) is 12.3. The number of hydrogen-bond acceptors (Lipinski definition) is 3. The lowest BCUT2D eigenvalue weighted by atomic mass is 10.1. The van der Waals surface area contributed by atoms with Gasteiger partial charge in [0.25, 0.3) is 0 Å². The number of hydrogen-bond donors (Lipinski definition) is 2. The van der Waals surface area contributed by atoms with E-state index in [0.717, 1.165) is 0 Å². The van der Waals surface area contributed by atoms with Crippen molar-refractivity contribution in [2.24, 2.45) is 0 Å². The third-order valence-electron chi connectivity index (χ3n) is 2.94. The molecule has 1 amide bonds. The first-order valence-corrected chi connectivity index (χ1v) is 6.80. The number of halogens is 1. The average Bonchev–Trinajstić information content (AvgIpc) is 2.38. The summed E-state index contributed by atoms with van der Waals surface area (Å²) in [5.41, 5.74) is 0.637. The fourth-order valence-corrected chi connectivity index (χ4v) is 1.91. The number of carbonyl (C=O) groups excluding carboxylic acids is 1. The molecule has 20 heavy (non-hydrogen) atoms. The maximum Gasteiger partial charge on any atom is 0.221 e. The minimum absolute atomic E-state index is 0.0723. The molecule has 0 fully saturated rings. The first kappa shape index (κ1) is 16.4. The van der Waals surface area contributed by atoms with Gasteiger partial charge >= 0.3 is 0 Å². The van der Waals surface area contributed by atoms with Crippen molar-refractivity contribution in [3.63, 3.8) is 0 Å². The number of ether oxygens (including phenoxy) is 1. The Morgan fingerprint density at radius 1 is 1.35 bits per heavy atom. The largest absolute Gasteiger partial charge is 0.496 e. The fourth-order valence-electron chi connectivity index (χ4n) is 1.91. The van der Waals surface area contributed by atoms with Gasteiger partial charge in [0.05, 0.1) is 13.2 Å². The highest BCUT2D eigenvalue weighted by Crippen LogP contribution is 2.25. The minimum atomic E-state index is -0.344. The van der Waals surface area contributed by atoms with Crippen molar-refractivity contribution in [3.05, 3.63) is 29.6 Å². The molecule has 0 bridgehead atoms. The van der Waals surface area contributed by atoms with Crippen LogP contribution in [-0.4, -0.2) is 25.6 Å². The summed E-state index contributed by atoms with van der Waals surface area (Å²) >= 11 is 0. The summed E-state index contributed by atoms with van der Waals surface area (Å²) in [6, 6.07) is 4.34. The van der Waals surface area contributed by atoms with Crippen LogP contribution in [0.2, 0.25) is 0 Å². The van der Waals surface area contributed by atoms with Gasteiger partial charge in [-0.1, -0.05) is 13.8 Å². The number of benzene rings is 1. The lowest BCUT2D eigenvalue weighted by molar-refractivity contribution is -0.121. The predicted molar refractivity (Wildman–Crippen MR) is 77.3 cm³/mol. The van der Waals surface area contributed by atoms with Crippen LogP contribution < -0.4 is 15.4 Å². The molecule has 1 aromatic carbocycles. The molecule has 1 rings (SSSR count). The molecule has 0 aliphatic carbocycles. The molecule has 1 atom stereocenters. The van der Waals surface area contributed by atoms with Gasteiger partial charge in [0.2, 0.25) is 5.91 Å². The predicted octanol–water partition coefficient (Wildman–Crippen LogP) is 2.40. The molecule has 0 aromatic heterocycles. The van der Waals surface area contributed by atoms with E-state index in [2.05, 4.69) is 10.6 Å². The Kier molecular flexibility index (Phi) is 6.45. The van der Waals surface area contributed by atoms with E-state index < -0.39 is 0 Å². The maximum atomic E-state index is 13.3. The van der Waals surface area contributed by atoms with Crippen LogP contribution in [0.15, 0.2) is 18.2 Å². The summed E-state index contributed by atoms with van der Waals surface area (Å²) in [6.45, 7) is 6.48. The van der Waals surface area contributed by atoms with Crippen LogP contribution in [-0.2, 0) is 4.79 Å². The van der Waals surface area contributed by atoms with Crippen molar-refractivity contribution in [3.8, 4) is 5.75 Å². The van der Waals surface area contributed by atoms with E-state index in [1.165, 1.54) is 19.2 Å². The van der Waals surface area contributed by atoms with E-state index in [-0.39, 0.29) is 17.8 Å². The van der Waals surface area contributed by atoms with E-state index >= 15 is 0 Å². The third kappa shape index (κ3) is 5.17. The lowest BCUT2D eigenvalue weighted by Gasteiger charge is -2.17. The second kappa shape index (κ2) is 7.85. The number of nitrogens with one attached hydrogen (secondary N) is 2. The summed E-state index contributed by atoms with van der Waals surface area (Å²) in [5, 5.41) is 6.02. The lowest BCUT2D eigenvalue weighted by Crippen LogP contribution is -2.32. The Labute approximate surface area is 119 Å². The van der Waals surface area contributed by atoms with Gasteiger partial charge in [-0.15, -0.1) is 0 Å². The Balaban J connectivity index is 2.59. The zero-order chi connectivity index (χ0) is 15.1. The van der Waals surface area contributed by atoms with Crippen LogP contribution in [0.3, 0.4) is 0 Å². The van der Waals surface area contributed by atoms with E-state index in [4.69, 9.17) is 4.74 Å². The Bertz CT molecular complexity index is 449. The molecule has 4 nitrogen and oxygen atoms in total. The van der Waals surface area contributed by atoms with Crippen molar-refractivity contribution in [2.45, 2.75) is 39.3 Å². The number of rotatable bonds is 7. The van der Waals surface area contributed by atoms with Gasteiger partial charge in [-0.25, -0.2) is 4.39 Å². The van der Waals surface area contributed by atoms with Gasteiger partial charge in [-0.3, -0.25) is 4.79 Å². The van der Waals surface area contributed by atoms with Crippen LogP contribution in [0.25, 0.3) is 0 Å². The van der Waals surface area contributed by atoms with Gasteiger partial charge < -0.3 is 15.4 Å².